The molecule has 1 atom stereocenters. The maximum Gasteiger partial charge on any atom is 0.269 e. The molecule has 0 saturated carbocycles. The van der Waals surface area contributed by atoms with Gasteiger partial charge in [-0.25, -0.2) is 0 Å². The zero-order valence-electron chi connectivity index (χ0n) is 15.8. The number of rotatable bonds is 8. The third kappa shape index (κ3) is 5.86. The van der Waals surface area contributed by atoms with Crippen molar-refractivity contribution < 1.29 is 9.72 Å². The molecule has 2 aromatic heterocycles. The number of amides is 1. The maximum atomic E-state index is 13.2. The summed E-state index contributed by atoms with van der Waals surface area (Å²) in [7, 11) is 0. The fourth-order valence-corrected chi connectivity index (χ4v) is 3.74. The normalized spacial score (nSPS) is 11.6. The zero-order valence-corrected chi connectivity index (χ0v) is 16.7. The minimum Gasteiger partial charge on any atom is -0.333 e. The first-order chi connectivity index (χ1) is 14.0. The van der Waals surface area contributed by atoms with Crippen LogP contribution in [0.25, 0.3) is 0 Å². The van der Waals surface area contributed by atoms with Crippen LogP contribution in [0.1, 0.15) is 18.1 Å². The summed E-state index contributed by atoms with van der Waals surface area (Å²) in [5.74, 6) is -0.0194. The number of hydrogen-bond donors (Lipinski definition) is 0. The van der Waals surface area contributed by atoms with Crippen LogP contribution in [0.5, 0.6) is 0 Å². The summed E-state index contributed by atoms with van der Waals surface area (Å²) in [4.78, 5) is 34.3. The number of nitro benzene ring substituents is 1. The van der Waals surface area contributed by atoms with Gasteiger partial charge in [0.25, 0.3) is 5.69 Å². The van der Waals surface area contributed by atoms with Crippen molar-refractivity contribution >= 4 is 23.4 Å². The number of nitro groups is 1. The molecule has 0 saturated heterocycles. The lowest BCUT2D eigenvalue weighted by Crippen LogP contribution is -2.35. The largest absolute Gasteiger partial charge is 0.333 e. The van der Waals surface area contributed by atoms with Gasteiger partial charge < -0.3 is 4.90 Å². The van der Waals surface area contributed by atoms with Gasteiger partial charge in [0.15, 0.2) is 0 Å². The van der Waals surface area contributed by atoms with Gasteiger partial charge in [-0.05, 0) is 48.4 Å². The summed E-state index contributed by atoms with van der Waals surface area (Å²) in [5.41, 5.74) is 1.97. The Bertz CT molecular complexity index is 911. The SMILES string of the molecule is CC(Sc1ccc([N+](=O)[O-])cc1)C(=O)N(Cc1ccncc1)Cc1cccnc1. The molecule has 0 spiro atoms. The quantitative estimate of drug-likeness (QED) is 0.317. The Labute approximate surface area is 173 Å². The van der Waals surface area contributed by atoms with E-state index in [-0.39, 0.29) is 16.8 Å². The van der Waals surface area contributed by atoms with E-state index in [9.17, 15) is 14.9 Å². The van der Waals surface area contributed by atoms with Crippen molar-refractivity contribution in [3.63, 3.8) is 0 Å². The summed E-state index contributed by atoms with van der Waals surface area (Å²) in [6, 6.07) is 13.8. The van der Waals surface area contributed by atoms with Crippen molar-refractivity contribution in [1.82, 2.24) is 14.9 Å². The maximum absolute atomic E-state index is 13.2. The average molecular weight is 408 g/mol. The van der Waals surface area contributed by atoms with E-state index < -0.39 is 4.92 Å². The number of carbonyl (C=O) groups is 1. The number of aromatic nitrogens is 2. The number of benzene rings is 1. The molecule has 0 aliphatic carbocycles. The second-order valence-electron chi connectivity index (χ2n) is 6.42. The molecule has 3 aromatic rings. The van der Waals surface area contributed by atoms with Crippen molar-refractivity contribution in [2.45, 2.75) is 30.2 Å². The summed E-state index contributed by atoms with van der Waals surface area (Å²) < 4.78 is 0. The number of hydrogen-bond acceptors (Lipinski definition) is 6. The highest BCUT2D eigenvalue weighted by Crippen LogP contribution is 2.27. The van der Waals surface area contributed by atoms with Crippen LogP contribution in [0.4, 0.5) is 5.69 Å². The molecule has 2 heterocycles. The van der Waals surface area contributed by atoms with E-state index in [4.69, 9.17) is 0 Å². The molecule has 0 radical (unpaired) electrons. The minimum absolute atomic E-state index is 0.0194. The zero-order chi connectivity index (χ0) is 20.6. The highest BCUT2D eigenvalue weighted by atomic mass is 32.2. The third-order valence-corrected chi connectivity index (χ3v) is 5.34. The van der Waals surface area contributed by atoms with Gasteiger partial charge in [0, 0.05) is 54.9 Å². The standard InChI is InChI=1S/C21H20N4O3S/c1-16(29-20-6-4-19(5-7-20)25(27)28)21(26)24(14-17-8-11-22-12-9-17)15-18-3-2-10-23-13-18/h2-13,16H,14-15H2,1H3. The smallest absolute Gasteiger partial charge is 0.269 e. The van der Waals surface area contributed by atoms with E-state index in [1.165, 1.54) is 23.9 Å². The highest BCUT2D eigenvalue weighted by Gasteiger charge is 2.22. The van der Waals surface area contributed by atoms with Crippen molar-refractivity contribution in [1.29, 1.82) is 0 Å². The molecule has 29 heavy (non-hydrogen) atoms. The van der Waals surface area contributed by atoms with E-state index in [1.807, 2.05) is 31.2 Å². The van der Waals surface area contributed by atoms with Crippen molar-refractivity contribution in [3.05, 3.63) is 94.6 Å². The predicted molar refractivity (Wildman–Crippen MR) is 111 cm³/mol. The minimum atomic E-state index is -0.437. The van der Waals surface area contributed by atoms with Gasteiger partial charge in [0.05, 0.1) is 10.2 Å². The molecule has 3 rings (SSSR count). The molecular formula is C21H20N4O3S. The van der Waals surface area contributed by atoms with Crippen molar-refractivity contribution in [2.24, 2.45) is 0 Å². The first kappa shape index (κ1) is 20.5. The van der Waals surface area contributed by atoms with E-state index in [2.05, 4.69) is 9.97 Å². The molecule has 1 amide bonds. The van der Waals surface area contributed by atoms with Crippen LogP contribution in [0, 0.1) is 10.1 Å². The first-order valence-electron chi connectivity index (χ1n) is 9.00. The van der Waals surface area contributed by atoms with Gasteiger partial charge in [0.1, 0.15) is 0 Å². The van der Waals surface area contributed by atoms with Crippen LogP contribution < -0.4 is 0 Å². The Balaban J connectivity index is 1.74. The molecule has 0 bridgehead atoms. The van der Waals surface area contributed by atoms with Gasteiger partial charge in [-0.2, -0.15) is 0 Å². The molecule has 7 nitrogen and oxygen atoms in total. The molecule has 1 unspecified atom stereocenters. The molecule has 0 fully saturated rings. The van der Waals surface area contributed by atoms with Crippen LogP contribution in [-0.2, 0) is 17.9 Å². The van der Waals surface area contributed by atoms with Gasteiger partial charge >= 0.3 is 0 Å². The summed E-state index contributed by atoms with van der Waals surface area (Å²) in [5, 5.41) is 10.5. The fourth-order valence-electron chi connectivity index (χ4n) is 2.79. The van der Waals surface area contributed by atoms with Crippen LogP contribution in [-0.4, -0.2) is 30.9 Å². The van der Waals surface area contributed by atoms with Crippen LogP contribution >= 0.6 is 11.8 Å². The van der Waals surface area contributed by atoms with Crippen LogP contribution in [0.2, 0.25) is 0 Å². The van der Waals surface area contributed by atoms with Gasteiger partial charge in [-0.1, -0.05) is 6.07 Å². The Hall–Kier alpha value is -3.26. The van der Waals surface area contributed by atoms with Gasteiger partial charge in [-0.3, -0.25) is 24.9 Å². The number of nitrogens with zero attached hydrogens (tertiary/aromatic N) is 4. The molecular weight excluding hydrogens is 388 g/mol. The van der Waals surface area contributed by atoms with Gasteiger partial charge in [0.2, 0.25) is 5.91 Å². The number of thioether (sulfide) groups is 1. The monoisotopic (exact) mass is 408 g/mol. The van der Waals surface area contributed by atoms with Crippen molar-refractivity contribution in [2.75, 3.05) is 0 Å². The predicted octanol–water partition coefficient (Wildman–Crippen LogP) is 4.09. The summed E-state index contributed by atoms with van der Waals surface area (Å²) in [6.45, 7) is 2.75. The number of pyridine rings is 2. The van der Waals surface area contributed by atoms with Gasteiger partial charge in [-0.15, -0.1) is 11.8 Å². The lowest BCUT2D eigenvalue weighted by atomic mass is 10.2. The molecule has 148 valence electrons. The molecule has 1 aromatic carbocycles. The Morgan fingerprint density at radius 3 is 2.34 bits per heavy atom. The average Bonchev–Trinajstić information content (AvgIpc) is 2.74. The Morgan fingerprint density at radius 2 is 1.72 bits per heavy atom. The topological polar surface area (TPSA) is 89.2 Å². The number of non-ortho nitro benzene ring substituents is 1. The van der Waals surface area contributed by atoms with E-state index in [1.54, 1.807) is 41.8 Å². The van der Waals surface area contributed by atoms with Crippen LogP contribution in [0.3, 0.4) is 0 Å². The van der Waals surface area contributed by atoms with Crippen LogP contribution in [0.15, 0.2) is 78.2 Å². The summed E-state index contributed by atoms with van der Waals surface area (Å²) >= 11 is 1.38. The Kier molecular flexibility index (Phi) is 6.91. The van der Waals surface area contributed by atoms with E-state index >= 15 is 0 Å². The molecule has 8 heteroatoms. The molecule has 0 aliphatic heterocycles. The number of carbonyl (C=O) groups excluding carboxylic acids is 1. The Morgan fingerprint density at radius 1 is 1.03 bits per heavy atom. The second-order valence-corrected chi connectivity index (χ2v) is 7.84. The van der Waals surface area contributed by atoms with Crippen molar-refractivity contribution in [3.8, 4) is 0 Å². The molecule has 0 aliphatic rings. The lowest BCUT2D eigenvalue weighted by Gasteiger charge is -2.26. The fraction of sp³-hybridized carbons (Fsp3) is 0.190. The lowest BCUT2D eigenvalue weighted by molar-refractivity contribution is -0.384. The van der Waals surface area contributed by atoms with E-state index in [0.717, 1.165) is 16.0 Å². The molecule has 0 N–H and O–H groups in total. The summed E-state index contributed by atoms with van der Waals surface area (Å²) in [6.07, 6.45) is 6.86. The first-order valence-corrected chi connectivity index (χ1v) is 9.88. The third-order valence-electron chi connectivity index (χ3n) is 4.24. The highest BCUT2D eigenvalue weighted by molar-refractivity contribution is 8.00. The van der Waals surface area contributed by atoms with E-state index in [0.29, 0.717) is 13.1 Å². The second kappa shape index (κ2) is 9.79.